The zero-order valence-electron chi connectivity index (χ0n) is 11.0. The van der Waals surface area contributed by atoms with Gasteiger partial charge in [-0.05, 0) is 42.9 Å². The molecule has 1 nitrogen and oxygen atoms in total. The van der Waals surface area contributed by atoms with Crippen LogP contribution in [-0.2, 0) is 6.42 Å². The minimum Gasteiger partial charge on any atom is -0.327 e. The van der Waals surface area contributed by atoms with Gasteiger partial charge in [-0.25, -0.2) is 0 Å². The molecule has 0 bridgehead atoms. The molecule has 0 radical (unpaired) electrons. The monoisotopic (exact) mass is 297 g/mol. The van der Waals surface area contributed by atoms with Crippen LogP contribution < -0.4 is 5.73 Å². The Balaban J connectivity index is 2.59. The molecule has 2 N–H and O–H groups in total. The molecule has 1 rings (SSSR count). The number of benzene rings is 1. The second kappa shape index (κ2) is 7.88. The van der Waals surface area contributed by atoms with Crippen LogP contribution in [0.1, 0.15) is 45.1 Å². The normalized spacial score (nSPS) is 13.0. The molecule has 0 aromatic heterocycles. The molecule has 1 atom stereocenters. The van der Waals surface area contributed by atoms with Gasteiger partial charge in [0.25, 0.3) is 0 Å². The molecule has 1 aromatic rings. The lowest BCUT2D eigenvalue weighted by molar-refractivity contribution is 0.360. The topological polar surface area (TPSA) is 26.0 Å². The Morgan fingerprint density at radius 1 is 1.18 bits per heavy atom. The molecule has 0 heterocycles. The van der Waals surface area contributed by atoms with Gasteiger partial charge in [0.1, 0.15) is 0 Å². The van der Waals surface area contributed by atoms with E-state index in [1.165, 1.54) is 31.2 Å². The number of halogens is 1. The Kier molecular flexibility index (Phi) is 6.83. The fourth-order valence-corrected chi connectivity index (χ4v) is 2.86. The predicted octanol–water partition coefficient (Wildman–Crippen LogP) is 4.54. The lowest BCUT2D eigenvalue weighted by Gasteiger charge is -2.23. The third-order valence-electron chi connectivity index (χ3n) is 3.28. The molecular formula is C15H24BrN. The van der Waals surface area contributed by atoms with Crippen molar-refractivity contribution in [3.63, 3.8) is 0 Å². The van der Waals surface area contributed by atoms with E-state index >= 15 is 0 Å². The number of hydrogen-bond donors (Lipinski definition) is 1. The van der Waals surface area contributed by atoms with E-state index < -0.39 is 0 Å². The van der Waals surface area contributed by atoms with Crippen LogP contribution in [0.4, 0.5) is 0 Å². The average Bonchev–Trinajstić information content (AvgIpc) is 2.28. The van der Waals surface area contributed by atoms with E-state index in [4.69, 9.17) is 5.73 Å². The van der Waals surface area contributed by atoms with E-state index in [1.54, 1.807) is 0 Å². The van der Waals surface area contributed by atoms with Crippen LogP contribution in [0.2, 0.25) is 0 Å². The van der Waals surface area contributed by atoms with Crippen LogP contribution in [0.25, 0.3) is 0 Å². The zero-order chi connectivity index (χ0) is 12.7. The molecule has 0 spiro atoms. The zero-order valence-corrected chi connectivity index (χ0v) is 12.5. The van der Waals surface area contributed by atoms with Crippen LogP contribution in [0.15, 0.2) is 28.7 Å². The first-order valence-corrected chi connectivity index (χ1v) is 7.46. The van der Waals surface area contributed by atoms with Gasteiger partial charge in [0.15, 0.2) is 0 Å². The minimum absolute atomic E-state index is 0.296. The lowest BCUT2D eigenvalue weighted by atomic mass is 9.87. The average molecular weight is 298 g/mol. The van der Waals surface area contributed by atoms with Crippen LogP contribution in [-0.4, -0.2) is 6.04 Å². The molecule has 0 amide bonds. The van der Waals surface area contributed by atoms with E-state index in [0.717, 1.165) is 10.9 Å². The Hall–Kier alpha value is -0.340. The van der Waals surface area contributed by atoms with E-state index in [2.05, 4.69) is 54.0 Å². The maximum atomic E-state index is 6.36. The first kappa shape index (κ1) is 14.7. The van der Waals surface area contributed by atoms with Crippen molar-refractivity contribution in [3.05, 3.63) is 34.3 Å². The fourth-order valence-electron chi connectivity index (χ4n) is 2.42. The Labute approximate surface area is 114 Å². The van der Waals surface area contributed by atoms with Crippen LogP contribution in [0, 0.1) is 5.92 Å². The van der Waals surface area contributed by atoms with Gasteiger partial charge in [-0.3, -0.25) is 0 Å². The van der Waals surface area contributed by atoms with Gasteiger partial charge in [-0.2, -0.15) is 0 Å². The van der Waals surface area contributed by atoms with Gasteiger partial charge in [-0.15, -0.1) is 0 Å². The molecule has 0 aliphatic rings. The van der Waals surface area contributed by atoms with Crippen molar-refractivity contribution in [2.24, 2.45) is 11.7 Å². The number of rotatable bonds is 7. The largest absolute Gasteiger partial charge is 0.327 e. The quantitative estimate of drug-likeness (QED) is 0.786. The van der Waals surface area contributed by atoms with E-state index in [-0.39, 0.29) is 0 Å². The molecule has 1 aromatic carbocycles. The van der Waals surface area contributed by atoms with Gasteiger partial charge in [0.2, 0.25) is 0 Å². The number of nitrogens with two attached hydrogens (primary N) is 1. The molecule has 1 unspecified atom stereocenters. The van der Waals surface area contributed by atoms with Crippen molar-refractivity contribution in [2.45, 2.75) is 52.0 Å². The SMILES string of the molecule is CCCC(CCC)C(N)Cc1cccc(Br)c1. The third kappa shape index (κ3) is 5.22. The van der Waals surface area contributed by atoms with E-state index in [0.29, 0.717) is 12.0 Å². The van der Waals surface area contributed by atoms with Crippen molar-refractivity contribution in [1.82, 2.24) is 0 Å². The summed E-state index contributed by atoms with van der Waals surface area (Å²) in [6, 6.07) is 8.78. The van der Waals surface area contributed by atoms with Crippen LogP contribution >= 0.6 is 15.9 Å². The Morgan fingerprint density at radius 3 is 2.35 bits per heavy atom. The van der Waals surface area contributed by atoms with Gasteiger partial charge >= 0.3 is 0 Å². The summed E-state index contributed by atoms with van der Waals surface area (Å²) in [6.07, 6.45) is 5.96. The van der Waals surface area contributed by atoms with E-state index in [1.807, 2.05) is 0 Å². The smallest absolute Gasteiger partial charge is 0.0178 e. The van der Waals surface area contributed by atoms with Crippen molar-refractivity contribution < 1.29 is 0 Å². The molecule has 0 aliphatic carbocycles. The molecule has 17 heavy (non-hydrogen) atoms. The summed E-state index contributed by atoms with van der Waals surface area (Å²) in [7, 11) is 0. The molecule has 0 aliphatic heterocycles. The number of hydrogen-bond acceptors (Lipinski definition) is 1. The summed E-state index contributed by atoms with van der Waals surface area (Å²) in [4.78, 5) is 0. The Bertz CT molecular complexity index is 318. The molecule has 0 saturated carbocycles. The van der Waals surface area contributed by atoms with Gasteiger partial charge < -0.3 is 5.73 Å². The maximum absolute atomic E-state index is 6.36. The summed E-state index contributed by atoms with van der Waals surface area (Å²) in [5, 5.41) is 0. The first-order chi connectivity index (χ1) is 8.17. The van der Waals surface area contributed by atoms with Crippen LogP contribution in [0.3, 0.4) is 0 Å². The summed E-state index contributed by atoms with van der Waals surface area (Å²) in [5.74, 6) is 0.670. The molecule has 0 saturated heterocycles. The van der Waals surface area contributed by atoms with Crippen molar-refractivity contribution in [1.29, 1.82) is 0 Å². The summed E-state index contributed by atoms with van der Waals surface area (Å²) >= 11 is 3.51. The highest BCUT2D eigenvalue weighted by atomic mass is 79.9. The highest BCUT2D eigenvalue weighted by Gasteiger charge is 2.16. The van der Waals surface area contributed by atoms with Crippen molar-refractivity contribution in [3.8, 4) is 0 Å². The van der Waals surface area contributed by atoms with Crippen LogP contribution in [0.5, 0.6) is 0 Å². The highest BCUT2D eigenvalue weighted by molar-refractivity contribution is 9.10. The summed E-state index contributed by atoms with van der Waals surface area (Å²) < 4.78 is 1.14. The summed E-state index contributed by atoms with van der Waals surface area (Å²) in [5.41, 5.74) is 7.69. The molecule has 96 valence electrons. The standard InChI is InChI=1S/C15H24BrN/c1-3-6-13(7-4-2)15(17)11-12-8-5-9-14(16)10-12/h5,8-10,13,15H,3-4,6-7,11,17H2,1-2H3. The van der Waals surface area contributed by atoms with Gasteiger partial charge in [0, 0.05) is 10.5 Å². The fraction of sp³-hybridized carbons (Fsp3) is 0.600. The molecular weight excluding hydrogens is 274 g/mol. The van der Waals surface area contributed by atoms with Crippen molar-refractivity contribution >= 4 is 15.9 Å². The second-order valence-corrected chi connectivity index (χ2v) is 5.75. The lowest BCUT2D eigenvalue weighted by Crippen LogP contribution is -2.32. The predicted molar refractivity (Wildman–Crippen MR) is 79.1 cm³/mol. The van der Waals surface area contributed by atoms with Gasteiger partial charge in [0.05, 0.1) is 0 Å². The molecule has 0 fully saturated rings. The Morgan fingerprint density at radius 2 is 1.82 bits per heavy atom. The van der Waals surface area contributed by atoms with E-state index in [9.17, 15) is 0 Å². The van der Waals surface area contributed by atoms with Crippen molar-refractivity contribution in [2.75, 3.05) is 0 Å². The van der Waals surface area contributed by atoms with Gasteiger partial charge in [-0.1, -0.05) is 54.8 Å². The summed E-state index contributed by atoms with van der Waals surface area (Å²) in [6.45, 7) is 4.49. The molecule has 2 heteroatoms. The minimum atomic E-state index is 0.296. The third-order valence-corrected chi connectivity index (χ3v) is 3.78. The first-order valence-electron chi connectivity index (χ1n) is 6.67. The second-order valence-electron chi connectivity index (χ2n) is 4.84. The maximum Gasteiger partial charge on any atom is 0.0178 e. The highest BCUT2D eigenvalue weighted by Crippen LogP contribution is 2.20.